The van der Waals surface area contributed by atoms with Gasteiger partial charge in [0.15, 0.2) is 5.69 Å². The number of alkyl halides is 3. The van der Waals surface area contributed by atoms with Gasteiger partial charge in [0.1, 0.15) is 11.4 Å². The molecule has 0 spiro atoms. The van der Waals surface area contributed by atoms with Crippen molar-refractivity contribution in [2.45, 2.75) is 64.6 Å². The molecule has 2 heterocycles. The van der Waals surface area contributed by atoms with Crippen molar-refractivity contribution < 1.29 is 27.4 Å². The second-order valence-corrected chi connectivity index (χ2v) is 7.52. The van der Waals surface area contributed by atoms with Crippen LogP contribution in [0.15, 0.2) is 12.4 Å². The predicted molar refractivity (Wildman–Crippen MR) is 92.3 cm³/mol. The number of ether oxygens (including phenoxy) is 2. The van der Waals surface area contributed by atoms with Crippen LogP contribution in [0.4, 0.5) is 23.8 Å². The molecule has 2 rings (SSSR count). The largest absolute Gasteiger partial charge is 0.444 e. The highest BCUT2D eigenvalue weighted by Crippen LogP contribution is 2.28. The van der Waals surface area contributed by atoms with E-state index >= 15 is 0 Å². The Balaban J connectivity index is 2.12. The van der Waals surface area contributed by atoms with E-state index in [9.17, 15) is 18.0 Å². The van der Waals surface area contributed by atoms with Crippen LogP contribution in [0, 0.1) is 0 Å². The fourth-order valence-corrected chi connectivity index (χ4v) is 2.77. The van der Waals surface area contributed by atoms with Crippen molar-refractivity contribution in [1.29, 1.82) is 0 Å². The van der Waals surface area contributed by atoms with Gasteiger partial charge in [-0.05, 0) is 34.6 Å². The van der Waals surface area contributed by atoms with Gasteiger partial charge in [0.2, 0.25) is 0 Å². The Hall–Kier alpha value is -2.10. The number of carbonyl (C=O) groups excluding carboxylic acids is 1. The summed E-state index contributed by atoms with van der Waals surface area (Å²) in [6.45, 7) is 9.41. The lowest BCUT2D eigenvalue weighted by Crippen LogP contribution is -2.58. The molecule has 0 aromatic carbocycles. The molecule has 7 nitrogen and oxygen atoms in total. The van der Waals surface area contributed by atoms with E-state index in [4.69, 9.17) is 9.47 Å². The molecule has 1 aliphatic rings. The van der Waals surface area contributed by atoms with Crippen molar-refractivity contribution in [1.82, 2.24) is 14.9 Å². The first kappa shape index (κ1) is 21.2. The fraction of sp³-hybridized carbons (Fsp3) is 0.706. The Labute approximate surface area is 156 Å². The molecule has 0 saturated carbocycles. The molecule has 1 saturated heterocycles. The van der Waals surface area contributed by atoms with Crippen LogP contribution in [0.5, 0.6) is 0 Å². The molecule has 1 aromatic rings. The summed E-state index contributed by atoms with van der Waals surface area (Å²) in [5.74, 6) is -0.0280. The van der Waals surface area contributed by atoms with Gasteiger partial charge in [-0.15, -0.1) is 0 Å². The van der Waals surface area contributed by atoms with Gasteiger partial charge in [-0.1, -0.05) is 0 Å². The molecule has 1 amide bonds. The number of aromatic nitrogens is 2. The molecule has 1 N–H and O–H groups in total. The number of hydrogen-bond acceptors (Lipinski definition) is 6. The molecular formula is C17H25F3N4O3. The maximum absolute atomic E-state index is 12.8. The second-order valence-electron chi connectivity index (χ2n) is 7.52. The van der Waals surface area contributed by atoms with Crippen LogP contribution < -0.4 is 5.32 Å². The highest BCUT2D eigenvalue weighted by atomic mass is 19.4. The van der Waals surface area contributed by atoms with E-state index in [0.29, 0.717) is 12.7 Å². The number of hydrogen-bond donors (Lipinski definition) is 1. The Bertz CT molecular complexity index is 664. The highest BCUT2D eigenvalue weighted by Gasteiger charge is 2.38. The predicted octanol–water partition coefficient (Wildman–Crippen LogP) is 3.32. The molecule has 1 aromatic heterocycles. The van der Waals surface area contributed by atoms with E-state index in [1.54, 1.807) is 27.7 Å². The van der Waals surface area contributed by atoms with Crippen LogP contribution in [0.1, 0.15) is 40.3 Å². The Morgan fingerprint density at radius 1 is 1.33 bits per heavy atom. The molecule has 0 unspecified atom stereocenters. The number of carbonyl (C=O) groups is 1. The van der Waals surface area contributed by atoms with Gasteiger partial charge in [0.05, 0.1) is 37.2 Å². The quantitative estimate of drug-likeness (QED) is 0.853. The first-order valence-electron chi connectivity index (χ1n) is 8.65. The summed E-state index contributed by atoms with van der Waals surface area (Å²) in [7, 11) is 0. The molecule has 1 fully saturated rings. The second kappa shape index (κ2) is 7.87. The maximum atomic E-state index is 12.8. The smallest absolute Gasteiger partial charge is 0.434 e. The molecule has 10 heteroatoms. The minimum atomic E-state index is -4.58. The first-order chi connectivity index (χ1) is 12.4. The lowest BCUT2D eigenvalue weighted by Gasteiger charge is -2.43. The maximum Gasteiger partial charge on any atom is 0.434 e. The zero-order chi connectivity index (χ0) is 20.4. The Morgan fingerprint density at radius 2 is 2.00 bits per heavy atom. The van der Waals surface area contributed by atoms with Crippen LogP contribution in [0.3, 0.4) is 0 Å². The minimum Gasteiger partial charge on any atom is -0.444 e. The zero-order valence-electron chi connectivity index (χ0n) is 16.0. The van der Waals surface area contributed by atoms with E-state index in [1.807, 2.05) is 6.92 Å². The summed E-state index contributed by atoms with van der Waals surface area (Å²) in [6.07, 6.45) is -3.74. The molecule has 0 bridgehead atoms. The fourth-order valence-electron chi connectivity index (χ4n) is 2.77. The summed E-state index contributed by atoms with van der Waals surface area (Å²) >= 11 is 0. The van der Waals surface area contributed by atoms with Gasteiger partial charge in [-0.3, -0.25) is 9.88 Å². The number of halogens is 3. The van der Waals surface area contributed by atoms with Crippen molar-refractivity contribution in [2.75, 3.05) is 18.4 Å². The van der Waals surface area contributed by atoms with Crippen LogP contribution >= 0.6 is 0 Å². The lowest BCUT2D eigenvalue weighted by molar-refractivity contribution is -0.141. The molecule has 152 valence electrons. The lowest BCUT2D eigenvalue weighted by atomic mass is 10.1. The van der Waals surface area contributed by atoms with E-state index in [2.05, 4.69) is 15.3 Å². The number of morpholine rings is 1. The summed E-state index contributed by atoms with van der Waals surface area (Å²) < 4.78 is 49.5. The van der Waals surface area contributed by atoms with Gasteiger partial charge >= 0.3 is 12.3 Å². The zero-order valence-corrected chi connectivity index (χ0v) is 16.0. The normalized spacial score (nSPS) is 23.9. The van der Waals surface area contributed by atoms with Crippen LogP contribution in [-0.2, 0) is 15.7 Å². The van der Waals surface area contributed by atoms with Crippen molar-refractivity contribution in [2.24, 2.45) is 0 Å². The van der Waals surface area contributed by atoms with E-state index in [1.165, 1.54) is 11.1 Å². The van der Waals surface area contributed by atoms with Gasteiger partial charge in [0.25, 0.3) is 0 Å². The average molecular weight is 390 g/mol. The highest BCUT2D eigenvalue weighted by molar-refractivity contribution is 5.69. The van der Waals surface area contributed by atoms with E-state index in [0.717, 1.165) is 0 Å². The SMILES string of the molecule is C[C@@H]1O[C@@H](C)CN(C(=O)OC(C)(C)C)[C@@H]1CNc1cncc(C(F)(F)F)n1. The van der Waals surface area contributed by atoms with Gasteiger partial charge in [-0.25, -0.2) is 9.78 Å². The number of amides is 1. The summed E-state index contributed by atoms with van der Waals surface area (Å²) in [6, 6.07) is -0.438. The Kier molecular flexibility index (Phi) is 6.18. The monoisotopic (exact) mass is 390 g/mol. The number of rotatable bonds is 3. The van der Waals surface area contributed by atoms with Crippen molar-refractivity contribution >= 4 is 11.9 Å². The van der Waals surface area contributed by atoms with Gasteiger partial charge in [0, 0.05) is 6.54 Å². The molecule has 27 heavy (non-hydrogen) atoms. The topological polar surface area (TPSA) is 76.6 Å². The van der Waals surface area contributed by atoms with Crippen LogP contribution in [0.25, 0.3) is 0 Å². The minimum absolute atomic E-state index is 0.0280. The molecule has 0 radical (unpaired) electrons. The third kappa shape index (κ3) is 5.95. The number of nitrogens with one attached hydrogen (secondary N) is 1. The van der Waals surface area contributed by atoms with Crippen molar-refractivity contribution in [3.63, 3.8) is 0 Å². The number of nitrogens with zero attached hydrogens (tertiary/aromatic N) is 3. The van der Waals surface area contributed by atoms with Gasteiger partial charge in [-0.2, -0.15) is 13.2 Å². The standard InChI is InChI=1S/C17H25F3N4O3/c1-10-9-24(15(25)27-16(3,4)5)12(11(2)26-10)6-22-14-8-21-7-13(23-14)17(18,19)20/h7-8,10-12H,6,9H2,1-5H3,(H,22,23)/t10-,11-,12+/m0/s1. The molecule has 0 aliphatic carbocycles. The summed E-state index contributed by atoms with van der Waals surface area (Å²) in [5, 5.41) is 2.82. The Morgan fingerprint density at radius 3 is 2.59 bits per heavy atom. The van der Waals surface area contributed by atoms with Gasteiger partial charge < -0.3 is 14.8 Å². The first-order valence-corrected chi connectivity index (χ1v) is 8.65. The summed E-state index contributed by atoms with van der Waals surface area (Å²) in [5.41, 5.74) is -1.75. The molecule has 1 aliphatic heterocycles. The van der Waals surface area contributed by atoms with Crippen LogP contribution in [-0.4, -0.2) is 57.9 Å². The third-order valence-corrected chi connectivity index (χ3v) is 3.89. The number of anilines is 1. The summed E-state index contributed by atoms with van der Waals surface area (Å²) in [4.78, 5) is 21.2. The average Bonchev–Trinajstić information content (AvgIpc) is 2.51. The van der Waals surface area contributed by atoms with Crippen LogP contribution in [0.2, 0.25) is 0 Å². The van der Waals surface area contributed by atoms with E-state index in [-0.39, 0.29) is 24.6 Å². The van der Waals surface area contributed by atoms with Crippen molar-refractivity contribution in [3.05, 3.63) is 18.1 Å². The van der Waals surface area contributed by atoms with Crippen molar-refractivity contribution in [3.8, 4) is 0 Å². The van der Waals surface area contributed by atoms with E-state index < -0.39 is 29.6 Å². The molecular weight excluding hydrogens is 365 g/mol. The molecule has 3 atom stereocenters. The third-order valence-electron chi connectivity index (χ3n) is 3.89.